The van der Waals surface area contributed by atoms with E-state index in [1.165, 1.54) is 6.42 Å². The van der Waals surface area contributed by atoms with E-state index in [0.29, 0.717) is 6.73 Å². The number of nitrogens with two attached hydrogens (primary N) is 2. The van der Waals surface area contributed by atoms with Gasteiger partial charge in [0.2, 0.25) is 0 Å². The fourth-order valence-electron chi connectivity index (χ4n) is 2.60. The molecule has 0 fully saturated rings. The molecule has 0 aromatic carbocycles. The predicted molar refractivity (Wildman–Crippen MR) is 118 cm³/mol. The van der Waals surface area contributed by atoms with E-state index in [9.17, 15) is 0 Å². The van der Waals surface area contributed by atoms with E-state index in [1.54, 1.807) is 0 Å². The van der Waals surface area contributed by atoms with Crippen LogP contribution in [-0.2, 0) is 14.2 Å². The molecule has 0 bridgehead atoms. The van der Waals surface area contributed by atoms with E-state index in [1.807, 2.05) is 0 Å². The van der Waals surface area contributed by atoms with Crippen molar-refractivity contribution in [3.05, 3.63) is 0 Å². The van der Waals surface area contributed by atoms with Gasteiger partial charge in [0.05, 0.1) is 6.73 Å². The number of hydrogen-bond donors (Lipinski definition) is 4. The second-order valence-corrected chi connectivity index (χ2v) is 7.14. The van der Waals surface area contributed by atoms with Gasteiger partial charge in [-0.05, 0) is 96.9 Å². The third-order valence-electron chi connectivity index (χ3n) is 4.37. The van der Waals surface area contributed by atoms with E-state index < -0.39 is 0 Å². The maximum Gasteiger partial charge on any atom is 0.0965 e. The topological polar surface area (TPSA) is 104 Å². The van der Waals surface area contributed by atoms with Gasteiger partial charge in [-0.25, -0.2) is 0 Å². The van der Waals surface area contributed by atoms with E-state index in [-0.39, 0.29) is 0 Å². The van der Waals surface area contributed by atoms with Gasteiger partial charge in [-0.1, -0.05) is 0 Å². The van der Waals surface area contributed by atoms with Crippen LogP contribution >= 0.6 is 0 Å². The van der Waals surface area contributed by atoms with Crippen molar-refractivity contribution in [1.82, 2.24) is 10.6 Å². The summed E-state index contributed by atoms with van der Waals surface area (Å²) in [7, 11) is 0. The van der Waals surface area contributed by atoms with E-state index in [2.05, 4.69) is 10.6 Å². The Kier molecular flexibility index (Phi) is 26.5. The zero-order valence-corrected chi connectivity index (χ0v) is 18.2. The third kappa shape index (κ3) is 25.7. The molecule has 0 aromatic heterocycles. The van der Waals surface area contributed by atoms with Crippen LogP contribution in [0.4, 0.5) is 0 Å². The molecule has 0 spiro atoms. The molecule has 7 heteroatoms. The summed E-state index contributed by atoms with van der Waals surface area (Å²) in [5.74, 6) is 0. The number of nitrogens with one attached hydrogen (secondary N) is 2. The van der Waals surface area contributed by atoms with Gasteiger partial charge in [-0.2, -0.15) is 0 Å². The second-order valence-electron chi connectivity index (χ2n) is 7.14. The molecule has 0 saturated heterocycles. The largest absolute Gasteiger partial charge is 0.381 e. The molecule has 28 heavy (non-hydrogen) atoms. The summed E-state index contributed by atoms with van der Waals surface area (Å²) in [6.45, 7) is 9.55. The summed E-state index contributed by atoms with van der Waals surface area (Å²) >= 11 is 0. The highest BCUT2D eigenvalue weighted by atomic mass is 16.5. The summed E-state index contributed by atoms with van der Waals surface area (Å²) in [6, 6.07) is 0. The van der Waals surface area contributed by atoms with E-state index in [4.69, 9.17) is 25.7 Å². The molecule has 0 aliphatic heterocycles. The summed E-state index contributed by atoms with van der Waals surface area (Å²) in [5.41, 5.74) is 10.9. The average molecular weight is 405 g/mol. The molecule has 0 unspecified atom stereocenters. The van der Waals surface area contributed by atoms with Crippen molar-refractivity contribution in [2.24, 2.45) is 11.5 Å². The Hall–Kier alpha value is -0.280. The molecule has 0 aliphatic carbocycles. The average Bonchev–Trinajstić information content (AvgIpc) is 2.71. The van der Waals surface area contributed by atoms with Crippen molar-refractivity contribution in [2.45, 2.75) is 64.2 Å². The molecule has 0 radical (unpaired) electrons. The molecule has 0 heterocycles. The molecule has 170 valence electrons. The highest BCUT2D eigenvalue weighted by Gasteiger charge is 1.94. The number of ether oxygens (including phenoxy) is 3. The summed E-state index contributed by atoms with van der Waals surface area (Å²) in [5, 5.41) is 6.80. The molecule has 0 saturated carbocycles. The highest BCUT2D eigenvalue weighted by Crippen LogP contribution is 1.94. The lowest BCUT2D eigenvalue weighted by molar-refractivity contribution is 0.109. The summed E-state index contributed by atoms with van der Waals surface area (Å²) in [6.07, 6.45) is 11.1. The standard InChI is InChI=1S/C21H48N4O3/c22-11-1-6-16-26-18-8-3-13-24-14-4-10-20-28-21-25-15-5-9-19-27-17-7-2-12-23/h24-25H,1-23H2. The number of rotatable bonds is 25. The van der Waals surface area contributed by atoms with Crippen LogP contribution < -0.4 is 22.1 Å². The molecular formula is C21H48N4O3. The van der Waals surface area contributed by atoms with Gasteiger partial charge in [-0.3, -0.25) is 5.32 Å². The monoisotopic (exact) mass is 404 g/mol. The maximum atomic E-state index is 5.60. The first-order valence-corrected chi connectivity index (χ1v) is 11.5. The minimum atomic E-state index is 0.649. The van der Waals surface area contributed by atoms with E-state index >= 15 is 0 Å². The van der Waals surface area contributed by atoms with Crippen LogP contribution in [-0.4, -0.2) is 72.5 Å². The third-order valence-corrected chi connectivity index (χ3v) is 4.37. The van der Waals surface area contributed by atoms with Crippen molar-refractivity contribution in [2.75, 3.05) is 72.5 Å². The maximum absolute atomic E-state index is 5.60. The smallest absolute Gasteiger partial charge is 0.0965 e. The van der Waals surface area contributed by atoms with Gasteiger partial charge in [0, 0.05) is 33.0 Å². The Labute approximate surface area is 173 Å². The molecular weight excluding hydrogens is 356 g/mol. The molecule has 6 N–H and O–H groups in total. The fraction of sp³-hybridized carbons (Fsp3) is 1.00. The van der Waals surface area contributed by atoms with Crippen molar-refractivity contribution in [3.8, 4) is 0 Å². The Bertz CT molecular complexity index is 248. The minimum absolute atomic E-state index is 0.649. The quantitative estimate of drug-likeness (QED) is 0.136. The Morgan fingerprint density at radius 1 is 0.429 bits per heavy atom. The lowest BCUT2D eigenvalue weighted by Crippen LogP contribution is -2.21. The van der Waals surface area contributed by atoms with Crippen LogP contribution in [0.5, 0.6) is 0 Å². The Morgan fingerprint density at radius 2 is 0.821 bits per heavy atom. The van der Waals surface area contributed by atoms with Crippen LogP contribution in [0.1, 0.15) is 64.2 Å². The Balaban J connectivity index is 2.96. The van der Waals surface area contributed by atoms with Crippen molar-refractivity contribution in [1.29, 1.82) is 0 Å². The molecule has 7 nitrogen and oxygen atoms in total. The first-order chi connectivity index (χ1) is 13.9. The first-order valence-electron chi connectivity index (χ1n) is 11.5. The lowest BCUT2D eigenvalue weighted by atomic mass is 10.3. The molecule has 0 aliphatic rings. The van der Waals surface area contributed by atoms with Crippen LogP contribution in [0.15, 0.2) is 0 Å². The van der Waals surface area contributed by atoms with Crippen molar-refractivity contribution < 1.29 is 14.2 Å². The van der Waals surface area contributed by atoms with Gasteiger partial charge >= 0.3 is 0 Å². The first kappa shape index (κ1) is 27.7. The number of unbranched alkanes of at least 4 members (excludes halogenated alkanes) is 5. The molecule has 0 amide bonds. The van der Waals surface area contributed by atoms with Gasteiger partial charge in [0.1, 0.15) is 0 Å². The summed E-state index contributed by atoms with van der Waals surface area (Å²) < 4.78 is 16.7. The lowest BCUT2D eigenvalue weighted by Gasteiger charge is -2.08. The Morgan fingerprint density at radius 3 is 1.29 bits per heavy atom. The van der Waals surface area contributed by atoms with Crippen molar-refractivity contribution in [3.63, 3.8) is 0 Å². The van der Waals surface area contributed by atoms with Gasteiger partial charge in [0.15, 0.2) is 0 Å². The summed E-state index contributed by atoms with van der Waals surface area (Å²) in [4.78, 5) is 0. The minimum Gasteiger partial charge on any atom is -0.381 e. The van der Waals surface area contributed by atoms with Crippen molar-refractivity contribution >= 4 is 0 Å². The van der Waals surface area contributed by atoms with Gasteiger partial charge < -0.3 is 31.0 Å². The fourth-order valence-corrected chi connectivity index (χ4v) is 2.60. The highest BCUT2D eigenvalue weighted by molar-refractivity contribution is 4.50. The van der Waals surface area contributed by atoms with Crippen LogP contribution in [0, 0.1) is 0 Å². The van der Waals surface area contributed by atoms with Crippen LogP contribution in [0.2, 0.25) is 0 Å². The second kappa shape index (κ2) is 26.7. The molecule has 0 aromatic rings. The normalized spacial score (nSPS) is 11.4. The zero-order chi connectivity index (χ0) is 20.4. The van der Waals surface area contributed by atoms with Gasteiger partial charge in [-0.15, -0.1) is 0 Å². The van der Waals surface area contributed by atoms with Crippen LogP contribution in [0.25, 0.3) is 0 Å². The SMILES string of the molecule is NCCCCOCCCCNCCCCOCNCCCCOCCCCN. The predicted octanol–water partition coefficient (Wildman–Crippen LogP) is 1.99. The molecule has 0 rings (SSSR count). The van der Waals surface area contributed by atoms with E-state index in [0.717, 1.165) is 124 Å². The number of hydrogen-bond acceptors (Lipinski definition) is 7. The molecule has 0 atom stereocenters. The zero-order valence-electron chi connectivity index (χ0n) is 18.2. The van der Waals surface area contributed by atoms with Crippen LogP contribution in [0.3, 0.4) is 0 Å². The van der Waals surface area contributed by atoms with Gasteiger partial charge in [0.25, 0.3) is 0 Å².